The van der Waals surface area contributed by atoms with Crippen LogP contribution in [0.15, 0.2) is 58.4 Å². The molecule has 2 aliphatic rings. The SMILES string of the molecule is CCCCC(CC)CN1C(=O)C(=Cc2c(N3CCc4ccccc4C3)nc3ccccn3c2=O)SC1=S. The fraction of sp³-hybridized carbons (Fsp3) is 0.379. The number of hydrogen-bond acceptors (Lipinski definition) is 6. The van der Waals surface area contributed by atoms with E-state index in [9.17, 15) is 9.59 Å². The van der Waals surface area contributed by atoms with Gasteiger partial charge in [0.05, 0.1) is 10.5 Å². The molecule has 0 radical (unpaired) electrons. The lowest BCUT2D eigenvalue weighted by Crippen LogP contribution is -2.34. The van der Waals surface area contributed by atoms with Crippen molar-refractivity contribution in [3.05, 3.63) is 80.6 Å². The Balaban J connectivity index is 1.53. The molecule has 4 heterocycles. The molecular weight excluding hydrogens is 500 g/mol. The normalized spacial score (nSPS) is 17.6. The van der Waals surface area contributed by atoms with Gasteiger partial charge in [0.15, 0.2) is 0 Å². The zero-order valence-corrected chi connectivity index (χ0v) is 23.0. The Morgan fingerprint density at radius 1 is 1.11 bits per heavy atom. The number of pyridine rings is 1. The highest BCUT2D eigenvalue weighted by atomic mass is 32.2. The molecule has 1 aromatic carbocycles. The van der Waals surface area contributed by atoms with E-state index < -0.39 is 0 Å². The lowest BCUT2D eigenvalue weighted by Gasteiger charge is -2.30. The first kappa shape index (κ1) is 25.7. The number of amides is 1. The van der Waals surface area contributed by atoms with E-state index in [1.165, 1.54) is 22.9 Å². The third-order valence-electron chi connectivity index (χ3n) is 7.31. The number of anilines is 1. The second kappa shape index (κ2) is 11.2. The molecule has 0 N–H and O–H groups in total. The number of benzene rings is 1. The summed E-state index contributed by atoms with van der Waals surface area (Å²) in [5.74, 6) is 0.918. The maximum absolute atomic E-state index is 13.7. The van der Waals surface area contributed by atoms with Crippen LogP contribution in [0.3, 0.4) is 0 Å². The fourth-order valence-electron chi connectivity index (χ4n) is 5.10. The van der Waals surface area contributed by atoms with Crippen molar-refractivity contribution in [1.82, 2.24) is 14.3 Å². The number of hydrogen-bond donors (Lipinski definition) is 0. The number of thiocarbonyl (C=S) groups is 1. The van der Waals surface area contributed by atoms with Crippen LogP contribution in [0.25, 0.3) is 11.7 Å². The molecular formula is C29H32N4O2S2. The van der Waals surface area contributed by atoms with Crippen LogP contribution in [0.4, 0.5) is 5.82 Å². The molecule has 37 heavy (non-hydrogen) atoms. The lowest BCUT2D eigenvalue weighted by atomic mass is 9.99. The van der Waals surface area contributed by atoms with E-state index in [0.717, 1.165) is 38.6 Å². The number of thioether (sulfide) groups is 1. The Hall–Kier alpha value is -2.97. The molecule has 2 aliphatic heterocycles. The third kappa shape index (κ3) is 5.22. The van der Waals surface area contributed by atoms with E-state index >= 15 is 0 Å². The molecule has 0 saturated carbocycles. The first-order valence-corrected chi connectivity index (χ1v) is 14.3. The van der Waals surface area contributed by atoms with E-state index in [1.54, 1.807) is 21.6 Å². The average molecular weight is 533 g/mol. The van der Waals surface area contributed by atoms with Crippen LogP contribution in [0.2, 0.25) is 0 Å². The van der Waals surface area contributed by atoms with Gasteiger partial charge in [-0.05, 0) is 48.1 Å². The fourth-order valence-corrected chi connectivity index (χ4v) is 6.36. The highest BCUT2D eigenvalue weighted by Crippen LogP contribution is 2.35. The number of fused-ring (bicyclic) bond motifs is 2. The summed E-state index contributed by atoms with van der Waals surface area (Å²) in [7, 11) is 0. The Morgan fingerprint density at radius 3 is 2.68 bits per heavy atom. The molecule has 1 saturated heterocycles. The molecule has 5 rings (SSSR count). The van der Waals surface area contributed by atoms with Crippen molar-refractivity contribution < 1.29 is 4.79 Å². The topological polar surface area (TPSA) is 57.9 Å². The van der Waals surface area contributed by atoms with Crippen LogP contribution >= 0.6 is 24.0 Å². The summed E-state index contributed by atoms with van der Waals surface area (Å²) in [5, 5.41) is 0. The molecule has 0 spiro atoms. The number of carbonyl (C=O) groups is 1. The zero-order chi connectivity index (χ0) is 25.9. The lowest BCUT2D eigenvalue weighted by molar-refractivity contribution is -0.122. The number of carbonyl (C=O) groups excluding carboxylic acids is 1. The Kier molecular flexibility index (Phi) is 7.76. The number of nitrogens with zero attached hydrogens (tertiary/aromatic N) is 4. The van der Waals surface area contributed by atoms with Gasteiger partial charge in [-0.25, -0.2) is 4.98 Å². The largest absolute Gasteiger partial charge is 0.351 e. The van der Waals surface area contributed by atoms with Gasteiger partial charge >= 0.3 is 0 Å². The zero-order valence-electron chi connectivity index (χ0n) is 21.4. The minimum Gasteiger partial charge on any atom is -0.351 e. The van der Waals surface area contributed by atoms with E-state index in [1.807, 2.05) is 24.3 Å². The smallest absolute Gasteiger partial charge is 0.267 e. The van der Waals surface area contributed by atoms with Crippen LogP contribution in [0.1, 0.15) is 56.2 Å². The van der Waals surface area contributed by atoms with Crippen LogP contribution in [-0.2, 0) is 17.8 Å². The van der Waals surface area contributed by atoms with Crippen molar-refractivity contribution in [1.29, 1.82) is 0 Å². The van der Waals surface area contributed by atoms with E-state index in [2.05, 4.69) is 36.9 Å². The Morgan fingerprint density at radius 2 is 1.89 bits per heavy atom. The molecule has 0 bridgehead atoms. The van der Waals surface area contributed by atoms with Crippen molar-refractivity contribution in [3.8, 4) is 0 Å². The van der Waals surface area contributed by atoms with Gasteiger partial charge in [-0.1, -0.05) is 87.4 Å². The maximum atomic E-state index is 13.7. The van der Waals surface area contributed by atoms with Gasteiger partial charge in [0.2, 0.25) is 0 Å². The predicted molar refractivity (Wildman–Crippen MR) is 156 cm³/mol. The van der Waals surface area contributed by atoms with Gasteiger partial charge in [0.1, 0.15) is 15.8 Å². The third-order valence-corrected chi connectivity index (χ3v) is 8.69. The molecule has 8 heteroatoms. The molecule has 6 nitrogen and oxygen atoms in total. The van der Waals surface area contributed by atoms with E-state index in [0.29, 0.717) is 45.3 Å². The molecule has 1 atom stereocenters. The van der Waals surface area contributed by atoms with Crippen LogP contribution in [0, 0.1) is 5.92 Å². The van der Waals surface area contributed by atoms with Gasteiger partial charge in [-0.3, -0.25) is 18.9 Å². The number of aromatic nitrogens is 2. The second-order valence-electron chi connectivity index (χ2n) is 9.73. The monoisotopic (exact) mass is 532 g/mol. The van der Waals surface area contributed by atoms with E-state index in [4.69, 9.17) is 17.2 Å². The predicted octanol–water partition coefficient (Wildman–Crippen LogP) is 5.67. The summed E-state index contributed by atoms with van der Waals surface area (Å²) in [6.07, 6.45) is 8.69. The Bertz CT molecular complexity index is 1430. The van der Waals surface area contributed by atoms with Gasteiger partial charge < -0.3 is 4.90 Å². The number of unbranched alkanes of at least 4 members (excludes halogenated alkanes) is 1. The van der Waals surface area contributed by atoms with Gasteiger partial charge in [0.25, 0.3) is 11.5 Å². The molecule has 1 unspecified atom stereocenters. The van der Waals surface area contributed by atoms with Crippen molar-refractivity contribution in [2.75, 3.05) is 18.0 Å². The molecule has 2 aromatic heterocycles. The van der Waals surface area contributed by atoms with Crippen molar-refractivity contribution in [3.63, 3.8) is 0 Å². The summed E-state index contributed by atoms with van der Waals surface area (Å²) >= 11 is 6.90. The van der Waals surface area contributed by atoms with E-state index in [-0.39, 0.29) is 11.5 Å². The molecule has 1 amide bonds. The molecule has 192 valence electrons. The molecule has 3 aromatic rings. The second-order valence-corrected chi connectivity index (χ2v) is 11.4. The van der Waals surface area contributed by atoms with Crippen molar-refractivity contribution >= 4 is 51.7 Å². The standard InChI is InChI=1S/C29H32N4O2S2/c1-3-5-10-20(4-2)18-33-28(35)24(37-29(33)36)17-23-26(30-25-13-8-9-15-32(25)27(23)34)31-16-14-21-11-6-7-12-22(21)19-31/h6-9,11-13,15,17,20H,3-5,10,14,16,18-19H2,1-2H3. The Labute approximate surface area is 227 Å². The van der Waals surface area contributed by atoms with Crippen LogP contribution in [-0.4, -0.2) is 37.6 Å². The summed E-state index contributed by atoms with van der Waals surface area (Å²) in [6, 6.07) is 13.9. The first-order valence-electron chi connectivity index (χ1n) is 13.1. The van der Waals surface area contributed by atoms with Gasteiger partial charge in [0, 0.05) is 25.8 Å². The minimum atomic E-state index is -0.181. The highest BCUT2D eigenvalue weighted by molar-refractivity contribution is 8.26. The quantitative estimate of drug-likeness (QED) is 0.275. The van der Waals surface area contributed by atoms with Crippen LogP contribution in [0.5, 0.6) is 0 Å². The van der Waals surface area contributed by atoms with Gasteiger partial charge in [-0.15, -0.1) is 0 Å². The summed E-state index contributed by atoms with van der Waals surface area (Å²) in [6.45, 7) is 6.40. The summed E-state index contributed by atoms with van der Waals surface area (Å²) in [4.78, 5) is 36.5. The van der Waals surface area contributed by atoms with Crippen molar-refractivity contribution in [2.45, 2.75) is 52.5 Å². The van der Waals surface area contributed by atoms with Crippen LogP contribution < -0.4 is 10.5 Å². The maximum Gasteiger partial charge on any atom is 0.267 e. The summed E-state index contributed by atoms with van der Waals surface area (Å²) in [5.41, 5.74) is 3.40. The highest BCUT2D eigenvalue weighted by Gasteiger charge is 2.34. The molecule has 1 fully saturated rings. The number of rotatable bonds is 8. The summed E-state index contributed by atoms with van der Waals surface area (Å²) < 4.78 is 2.11. The van der Waals surface area contributed by atoms with Crippen molar-refractivity contribution in [2.24, 2.45) is 5.92 Å². The minimum absolute atomic E-state index is 0.113. The first-order chi connectivity index (χ1) is 18.0. The van der Waals surface area contributed by atoms with Gasteiger partial charge in [-0.2, -0.15) is 0 Å². The molecule has 0 aliphatic carbocycles. The average Bonchev–Trinajstić information content (AvgIpc) is 3.19.